The summed E-state index contributed by atoms with van der Waals surface area (Å²) in [7, 11) is 0. The van der Waals surface area contributed by atoms with E-state index in [0.29, 0.717) is 12.8 Å². The summed E-state index contributed by atoms with van der Waals surface area (Å²) in [6, 6.07) is 0. The monoisotopic (exact) mass is 368 g/mol. The van der Waals surface area contributed by atoms with Gasteiger partial charge < -0.3 is 19.8 Å². The predicted octanol–water partition coefficient (Wildman–Crippen LogP) is -2.24. The molecule has 0 aromatic carbocycles. The Morgan fingerprint density at radius 1 is 0.556 bits per heavy atom. The van der Waals surface area contributed by atoms with E-state index >= 15 is 0 Å². The summed E-state index contributed by atoms with van der Waals surface area (Å²) in [5.74, 6) is -2.94. The van der Waals surface area contributed by atoms with Crippen LogP contribution < -0.4 is 47.9 Å². The van der Waals surface area contributed by atoms with Crippen molar-refractivity contribution in [2.24, 2.45) is 5.41 Å². The minimum Gasteiger partial charge on any atom is -0.549 e. The van der Waals surface area contributed by atoms with E-state index in [-0.39, 0.29) is 50.6 Å². The summed E-state index contributed by atoms with van der Waals surface area (Å²) in [6.45, 7) is 4.33. The van der Waals surface area contributed by atoms with Crippen molar-refractivity contribution in [3.05, 3.63) is 0 Å². The summed E-state index contributed by atoms with van der Waals surface area (Å²) >= 11 is 0. The second-order valence-corrected chi connectivity index (χ2v) is 7.40. The van der Waals surface area contributed by atoms with Crippen LogP contribution in [0.4, 0.5) is 0 Å². The third-order valence-electron chi connectivity index (χ3n) is 5.20. The molecule has 148 valence electrons. The fraction of sp³-hybridized carbons (Fsp3) is 0.905. The van der Waals surface area contributed by atoms with Gasteiger partial charge in [0.2, 0.25) is 0 Å². The molecule has 0 aliphatic rings. The molecule has 0 heterocycles. The van der Waals surface area contributed by atoms with Crippen LogP contribution in [0.5, 0.6) is 0 Å². The second-order valence-electron chi connectivity index (χ2n) is 7.40. The zero-order chi connectivity index (χ0) is 19.0. The fourth-order valence-electron chi connectivity index (χ4n) is 3.38. The van der Waals surface area contributed by atoms with Crippen LogP contribution in [-0.4, -0.2) is 11.9 Å². The molecule has 0 N–H and O–H groups in total. The number of rotatable bonds is 18. The number of carboxylic acid groups (broad SMARTS) is 2. The van der Waals surface area contributed by atoms with Gasteiger partial charge in [-0.2, -0.15) is 0 Å². The molecule has 0 fully saturated rings. The number of aliphatic carboxylic acids is 2. The Morgan fingerprint density at radius 3 is 1.07 bits per heavy atom. The fourth-order valence-corrected chi connectivity index (χ4v) is 3.38. The number of hydrogen-bond acceptors (Lipinski definition) is 4. The van der Waals surface area contributed by atoms with E-state index in [1.807, 2.05) is 0 Å². The SMILES string of the molecule is CCCCCCCCCC(CCCCCCCCC)(C(=O)[O-])C(=O)[O-].[Li+].[Li+]. The average Bonchev–Trinajstić information content (AvgIpc) is 2.57. The molecule has 0 aliphatic carbocycles. The third-order valence-corrected chi connectivity index (χ3v) is 5.20. The minimum absolute atomic E-state index is 0. The van der Waals surface area contributed by atoms with Crippen LogP contribution in [-0.2, 0) is 9.59 Å². The molecule has 0 aliphatic heterocycles. The van der Waals surface area contributed by atoms with Gasteiger partial charge in [0.25, 0.3) is 0 Å². The largest absolute Gasteiger partial charge is 1.00 e. The topological polar surface area (TPSA) is 80.3 Å². The Bertz CT molecular complexity index is 328. The standard InChI is InChI=1S/C21H40O4.2Li/c1-3-5-7-9-11-13-15-17-21(19(22)23,20(24)25)18-16-14-12-10-8-6-4-2;;/h3-18H2,1-2H3,(H,22,23)(H,24,25);;/q;2*+1/p-2. The van der Waals surface area contributed by atoms with Crippen LogP contribution in [0.15, 0.2) is 0 Å². The maximum atomic E-state index is 11.5. The molecule has 0 aromatic rings. The van der Waals surface area contributed by atoms with Crippen LogP contribution in [0.1, 0.15) is 117 Å². The number of hydrogen-bond donors (Lipinski definition) is 0. The first-order valence-electron chi connectivity index (χ1n) is 10.4. The van der Waals surface area contributed by atoms with E-state index in [4.69, 9.17) is 0 Å². The van der Waals surface area contributed by atoms with Gasteiger partial charge in [0.05, 0.1) is 11.9 Å². The first kappa shape index (κ1) is 31.8. The first-order chi connectivity index (χ1) is 12.0. The molecule has 0 bridgehead atoms. The van der Waals surface area contributed by atoms with E-state index in [9.17, 15) is 19.8 Å². The van der Waals surface area contributed by atoms with Crippen molar-refractivity contribution in [3.63, 3.8) is 0 Å². The van der Waals surface area contributed by atoms with Crippen molar-refractivity contribution in [2.45, 2.75) is 117 Å². The van der Waals surface area contributed by atoms with Crippen molar-refractivity contribution >= 4 is 11.9 Å². The van der Waals surface area contributed by atoms with Gasteiger partial charge in [-0.25, -0.2) is 0 Å². The van der Waals surface area contributed by atoms with E-state index in [2.05, 4.69) is 13.8 Å². The molecule has 0 saturated heterocycles. The minimum atomic E-state index is -1.80. The van der Waals surface area contributed by atoms with Crippen LogP contribution in [0.2, 0.25) is 0 Å². The Balaban J connectivity index is -0.00000288. The zero-order valence-electron chi connectivity index (χ0n) is 18.4. The molecule has 0 saturated carbocycles. The molecule has 0 unspecified atom stereocenters. The molecule has 0 radical (unpaired) electrons. The van der Waals surface area contributed by atoms with E-state index in [1.165, 1.54) is 38.5 Å². The second kappa shape index (κ2) is 20.9. The van der Waals surface area contributed by atoms with Gasteiger partial charge in [-0.05, 0) is 12.8 Å². The first-order valence-corrected chi connectivity index (χ1v) is 10.4. The van der Waals surface area contributed by atoms with Crippen LogP contribution >= 0.6 is 0 Å². The molecule has 27 heavy (non-hydrogen) atoms. The van der Waals surface area contributed by atoms with E-state index in [1.54, 1.807) is 0 Å². The molecule has 6 heteroatoms. The maximum Gasteiger partial charge on any atom is 1.00 e. The van der Waals surface area contributed by atoms with Gasteiger partial charge in [-0.15, -0.1) is 0 Å². The van der Waals surface area contributed by atoms with Crippen LogP contribution in [0.3, 0.4) is 0 Å². The van der Waals surface area contributed by atoms with Gasteiger partial charge in [0.15, 0.2) is 0 Å². The summed E-state index contributed by atoms with van der Waals surface area (Å²) in [5, 5.41) is 23.1. The Hall–Kier alpha value is 0.135. The quantitative estimate of drug-likeness (QED) is 0.156. The smallest absolute Gasteiger partial charge is 0.549 e. The summed E-state index contributed by atoms with van der Waals surface area (Å²) in [5.41, 5.74) is -1.80. The van der Waals surface area contributed by atoms with Gasteiger partial charge in [0.1, 0.15) is 0 Å². The molecular weight excluding hydrogens is 330 g/mol. The number of carboxylic acids is 2. The zero-order valence-corrected chi connectivity index (χ0v) is 18.4. The summed E-state index contributed by atoms with van der Waals surface area (Å²) in [6.07, 6.45) is 14.8. The third kappa shape index (κ3) is 14.7. The number of carbonyl (C=O) groups excluding carboxylic acids is 2. The van der Waals surface area contributed by atoms with E-state index < -0.39 is 17.4 Å². The van der Waals surface area contributed by atoms with Crippen LogP contribution in [0.25, 0.3) is 0 Å². The van der Waals surface area contributed by atoms with Gasteiger partial charge in [-0.1, -0.05) is 104 Å². The molecule has 0 aromatic heterocycles. The predicted molar refractivity (Wildman–Crippen MR) is 97.7 cm³/mol. The van der Waals surface area contributed by atoms with Gasteiger partial charge in [0, 0.05) is 5.41 Å². The Morgan fingerprint density at radius 2 is 0.815 bits per heavy atom. The van der Waals surface area contributed by atoms with E-state index in [0.717, 1.165) is 38.5 Å². The van der Waals surface area contributed by atoms with Crippen molar-refractivity contribution < 1.29 is 57.5 Å². The molecule has 4 nitrogen and oxygen atoms in total. The Labute approximate surface area is 191 Å². The van der Waals surface area contributed by atoms with Crippen molar-refractivity contribution in [3.8, 4) is 0 Å². The molecule has 0 atom stereocenters. The van der Waals surface area contributed by atoms with Crippen molar-refractivity contribution in [1.82, 2.24) is 0 Å². The van der Waals surface area contributed by atoms with Crippen molar-refractivity contribution in [1.29, 1.82) is 0 Å². The Kier molecular flexibility index (Phi) is 24.6. The van der Waals surface area contributed by atoms with Crippen LogP contribution in [0, 0.1) is 5.41 Å². The molecule has 0 amide bonds. The maximum absolute atomic E-state index is 11.5. The summed E-state index contributed by atoms with van der Waals surface area (Å²) < 4.78 is 0. The van der Waals surface area contributed by atoms with Gasteiger partial charge in [-0.3, -0.25) is 0 Å². The normalized spacial score (nSPS) is 10.7. The molecule has 0 spiro atoms. The average molecular weight is 368 g/mol. The van der Waals surface area contributed by atoms with Gasteiger partial charge >= 0.3 is 37.7 Å². The molecule has 0 rings (SSSR count). The summed E-state index contributed by atoms with van der Waals surface area (Å²) in [4.78, 5) is 23.1. The number of unbranched alkanes of at least 4 members (excludes halogenated alkanes) is 12. The molecular formula is C21H38Li2O4. The van der Waals surface area contributed by atoms with Crippen molar-refractivity contribution in [2.75, 3.05) is 0 Å². The number of carbonyl (C=O) groups is 2.